The number of rotatable bonds is 24. The van der Waals surface area contributed by atoms with Crippen molar-refractivity contribution in [1.29, 1.82) is 0 Å². The molecule has 0 saturated carbocycles. The molecule has 0 fully saturated rings. The van der Waals surface area contributed by atoms with E-state index in [0.29, 0.717) is 19.3 Å². The molecule has 248 valence electrons. The molecule has 0 aromatic rings. The van der Waals surface area contributed by atoms with Crippen LogP contribution in [0, 0.1) is 5.41 Å². The molecule has 9 heteroatoms. The van der Waals surface area contributed by atoms with Crippen LogP contribution in [-0.2, 0) is 14.4 Å². The fourth-order valence-corrected chi connectivity index (χ4v) is 3.32. The molecule has 0 amide bonds. The zero-order valence-electron chi connectivity index (χ0n) is 26.9. The van der Waals surface area contributed by atoms with Gasteiger partial charge in [-0.15, -0.1) is 0 Å². The Morgan fingerprint density at radius 3 is 0.756 bits per heavy atom. The summed E-state index contributed by atoms with van der Waals surface area (Å²) in [6, 6.07) is 0. The fourth-order valence-electron chi connectivity index (χ4n) is 3.32. The number of carboxylic acid groups (broad SMARTS) is 3. The lowest BCUT2D eigenvalue weighted by Crippen LogP contribution is -2.29. The first-order chi connectivity index (χ1) is 19.5. The molecule has 0 atom stereocenters. The molecule has 0 heterocycles. The van der Waals surface area contributed by atoms with Crippen LogP contribution in [0.2, 0.25) is 0 Å². The van der Waals surface area contributed by atoms with Crippen molar-refractivity contribution in [1.82, 2.24) is 0 Å². The topological polar surface area (TPSA) is 173 Å². The molecule has 0 spiro atoms. The number of aliphatic carboxylic acids is 3. The van der Waals surface area contributed by atoms with Gasteiger partial charge in [-0.1, -0.05) is 124 Å². The molecule has 0 saturated heterocycles. The Hall–Kier alpha value is -1.71. The molecule has 0 aromatic carbocycles. The summed E-state index contributed by atoms with van der Waals surface area (Å²) >= 11 is 0. The highest BCUT2D eigenvalue weighted by Crippen LogP contribution is 2.11. The maximum atomic E-state index is 10.1. The van der Waals surface area contributed by atoms with E-state index in [9.17, 15) is 14.4 Å². The van der Waals surface area contributed by atoms with E-state index in [-0.39, 0.29) is 19.8 Å². The molecule has 0 rings (SSSR count). The van der Waals surface area contributed by atoms with Crippen molar-refractivity contribution in [2.75, 3.05) is 19.8 Å². The lowest BCUT2D eigenvalue weighted by Gasteiger charge is -2.20. The van der Waals surface area contributed by atoms with Crippen LogP contribution in [0.3, 0.4) is 0 Å². The molecule has 0 aromatic heterocycles. The van der Waals surface area contributed by atoms with E-state index >= 15 is 0 Å². The predicted octanol–water partition coefficient (Wildman–Crippen LogP) is 7.43. The Bertz CT molecular complexity index is 479. The molecule has 0 bridgehead atoms. The van der Waals surface area contributed by atoms with Crippen molar-refractivity contribution in [2.24, 2.45) is 5.41 Å². The third kappa shape index (κ3) is 51.5. The predicted molar refractivity (Wildman–Crippen MR) is 166 cm³/mol. The summed E-state index contributed by atoms with van der Waals surface area (Å²) in [7, 11) is 0. The summed E-state index contributed by atoms with van der Waals surface area (Å²) in [5.41, 5.74) is -0.708. The summed E-state index contributed by atoms with van der Waals surface area (Å²) in [5, 5.41) is 50.3. The minimum Gasteiger partial charge on any atom is -0.481 e. The highest BCUT2D eigenvalue weighted by molar-refractivity contribution is 5.67. The summed E-state index contributed by atoms with van der Waals surface area (Å²) in [5.74, 6) is -2.00. The van der Waals surface area contributed by atoms with Crippen molar-refractivity contribution in [3.05, 3.63) is 0 Å². The second-order valence-electron chi connectivity index (χ2n) is 11.0. The van der Waals surface area contributed by atoms with Gasteiger partial charge in [-0.25, -0.2) is 0 Å². The van der Waals surface area contributed by atoms with Gasteiger partial charge in [0.15, 0.2) is 0 Å². The third-order valence-corrected chi connectivity index (χ3v) is 6.38. The second kappa shape index (κ2) is 38.3. The van der Waals surface area contributed by atoms with E-state index in [1.54, 1.807) is 6.92 Å². The molecule has 0 aliphatic carbocycles. The van der Waals surface area contributed by atoms with Crippen LogP contribution in [0.4, 0.5) is 0 Å². The van der Waals surface area contributed by atoms with Crippen LogP contribution in [0.15, 0.2) is 0 Å². The summed E-state index contributed by atoms with van der Waals surface area (Å²) in [6.07, 6.45) is 21.8. The Labute approximate surface area is 250 Å². The van der Waals surface area contributed by atoms with Gasteiger partial charge in [-0.05, 0) is 19.3 Å². The number of aliphatic hydroxyl groups is 3. The van der Waals surface area contributed by atoms with E-state index in [2.05, 4.69) is 20.8 Å². The molecule has 9 nitrogen and oxygen atoms in total. The Morgan fingerprint density at radius 1 is 0.415 bits per heavy atom. The average Bonchev–Trinajstić information content (AvgIpc) is 2.94. The maximum absolute atomic E-state index is 10.1. The van der Waals surface area contributed by atoms with E-state index in [0.717, 1.165) is 38.5 Å². The molecule has 6 N–H and O–H groups in total. The van der Waals surface area contributed by atoms with Gasteiger partial charge >= 0.3 is 17.9 Å². The second-order valence-corrected chi connectivity index (χ2v) is 11.0. The van der Waals surface area contributed by atoms with Crippen molar-refractivity contribution in [3.63, 3.8) is 0 Å². The normalized spacial score (nSPS) is 10.3. The van der Waals surface area contributed by atoms with Gasteiger partial charge in [-0.2, -0.15) is 0 Å². The first-order valence-electron chi connectivity index (χ1n) is 16.0. The fraction of sp³-hybridized carbons (Fsp3) is 0.906. The highest BCUT2D eigenvalue weighted by Gasteiger charge is 2.20. The molecule has 0 aliphatic heterocycles. The quantitative estimate of drug-likeness (QED) is 0.0621. The van der Waals surface area contributed by atoms with Gasteiger partial charge in [0.05, 0.1) is 19.8 Å². The first-order valence-corrected chi connectivity index (χ1v) is 16.0. The molecule has 0 aliphatic rings. The van der Waals surface area contributed by atoms with E-state index in [1.165, 1.54) is 77.0 Å². The Kier molecular flexibility index (Phi) is 43.2. The zero-order valence-corrected chi connectivity index (χ0v) is 26.9. The zero-order chi connectivity index (χ0) is 32.2. The molecular formula is C32H66O9. The lowest BCUT2D eigenvalue weighted by atomic mass is 9.95. The van der Waals surface area contributed by atoms with Gasteiger partial charge in [0, 0.05) is 24.7 Å². The largest absolute Gasteiger partial charge is 0.481 e. The van der Waals surface area contributed by atoms with Crippen LogP contribution < -0.4 is 0 Å². The van der Waals surface area contributed by atoms with Gasteiger partial charge in [0.25, 0.3) is 0 Å². The lowest BCUT2D eigenvalue weighted by molar-refractivity contribution is -0.138. The first kappa shape index (κ1) is 46.3. The summed E-state index contributed by atoms with van der Waals surface area (Å²) in [4.78, 5) is 30.3. The third-order valence-electron chi connectivity index (χ3n) is 6.38. The van der Waals surface area contributed by atoms with Gasteiger partial charge in [0.2, 0.25) is 0 Å². The summed E-state index contributed by atoms with van der Waals surface area (Å²) in [6.45, 7) is 7.60. The SMILES string of the molecule is CC(CO)(CO)CO.CCCCCCCCC(=O)O.CCCCCCCCC(=O)O.CCCCCCCCC(=O)O. The standard InChI is InChI=1S/3C9H18O2.C5H12O3/c3*1-2-3-4-5-6-7-8-9(10)11;1-5(2-6,3-7)4-8/h3*2-8H2,1H3,(H,10,11);6-8H,2-4H2,1H3. The number of carbonyl (C=O) groups is 3. The number of unbranched alkanes of at least 4 members (excludes halogenated alkanes) is 15. The molecular weight excluding hydrogens is 528 g/mol. The molecule has 41 heavy (non-hydrogen) atoms. The molecule has 0 unspecified atom stereocenters. The molecule has 0 radical (unpaired) electrons. The number of hydrogen-bond donors (Lipinski definition) is 6. The van der Waals surface area contributed by atoms with E-state index in [4.69, 9.17) is 30.6 Å². The van der Waals surface area contributed by atoms with Gasteiger partial charge in [0.1, 0.15) is 0 Å². The van der Waals surface area contributed by atoms with E-state index < -0.39 is 23.3 Å². The average molecular weight is 595 g/mol. The van der Waals surface area contributed by atoms with Crippen LogP contribution in [0.5, 0.6) is 0 Å². The van der Waals surface area contributed by atoms with Crippen molar-refractivity contribution in [2.45, 2.75) is 163 Å². The van der Waals surface area contributed by atoms with Crippen molar-refractivity contribution in [3.8, 4) is 0 Å². The Morgan fingerprint density at radius 2 is 0.610 bits per heavy atom. The van der Waals surface area contributed by atoms with Crippen LogP contribution in [0.1, 0.15) is 163 Å². The monoisotopic (exact) mass is 594 g/mol. The minimum atomic E-state index is -0.708. The smallest absolute Gasteiger partial charge is 0.303 e. The van der Waals surface area contributed by atoms with Crippen molar-refractivity contribution < 1.29 is 45.0 Å². The summed E-state index contributed by atoms with van der Waals surface area (Å²) < 4.78 is 0. The maximum Gasteiger partial charge on any atom is 0.303 e. The van der Waals surface area contributed by atoms with Gasteiger partial charge in [-0.3, -0.25) is 14.4 Å². The number of hydrogen-bond acceptors (Lipinski definition) is 6. The van der Waals surface area contributed by atoms with Crippen LogP contribution >= 0.6 is 0 Å². The van der Waals surface area contributed by atoms with Gasteiger partial charge < -0.3 is 30.6 Å². The van der Waals surface area contributed by atoms with Crippen LogP contribution in [0.25, 0.3) is 0 Å². The minimum absolute atomic E-state index is 0.181. The number of carboxylic acids is 3. The van der Waals surface area contributed by atoms with Crippen molar-refractivity contribution >= 4 is 17.9 Å². The highest BCUT2D eigenvalue weighted by atomic mass is 16.4. The Balaban J connectivity index is -0.000000224. The van der Waals surface area contributed by atoms with Crippen LogP contribution in [-0.4, -0.2) is 68.4 Å². The van der Waals surface area contributed by atoms with E-state index in [1.807, 2.05) is 0 Å². The number of aliphatic hydroxyl groups excluding tert-OH is 3.